The molecule has 0 radical (unpaired) electrons. The standard InChI is InChI=1S/C19H23NO4/c1-3-22-17-11-10-15(12-18(17)23-4-2)13-20-19(21)14-24-16-8-6-5-7-9-16/h5-12H,3-4,13-14H2,1-2H3,(H,20,21). The Morgan fingerprint density at radius 2 is 1.62 bits per heavy atom. The minimum atomic E-state index is -0.175. The lowest BCUT2D eigenvalue weighted by atomic mass is 10.2. The lowest BCUT2D eigenvalue weighted by molar-refractivity contribution is -0.123. The smallest absolute Gasteiger partial charge is 0.258 e. The molecule has 0 atom stereocenters. The van der Waals surface area contributed by atoms with Gasteiger partial charge in [-0.25, -0.2) is 0 Å². The van der Waals surface area contributed by atoms with Crippen molar-refractivity contribution in [2.24, 2.45) is 0 Å². The van der Waals surface area contributed by atoms with Crippen LogP contribution in [0.3, 0.4) is 0 Å². The van der Waals surface area contributed by atoms with E-state index in [1.54, 1.807) is 0 Å². The molecule has 5 heteroatoms. The molecule has 0 fully saturated rings. The molecule has 5 nitrogen and oxygen atoms in total. The van der Waals surface area contributed by atoms with Crippen LogP contribution in [0.4, 0.5) is 0 Å². The molecule has 1 amide bonds. The molecule has 2 rings (SSSR count). The van der Waals surface area contributed by atoms with Crippen molar-refractivity contribution in [3.63, 3.8) is 0 Å². The quantitative estimate of drug-likeness (QED) is 0.768. The highest BCUT2D eigenvalue weighted by molar-refractivity contribution is 5.77. The van der Waals surface area contributed by atoms with Crippen molar-refractivity contribution in [3.8, 4) is 17.2 Å². The molecule has 0 heterocycles. The molecule has 0 aliphatic rings. The Hall–Kier alpha value is -2.69. The molecule has 0 aliphatic heterocycles. The molecule has 0 unspecified atom stereocenters. The second-order valence-electron chi connectivity index (χ2n) is 5.03. The molecular formula is C19H23NO4. The number of para-hydroxylation sites is 1. The lowest BCUT2D eigenvalue weighted by Gasteiger charge is -2.13. The number of ether oxygens (including phenoxy) is 3. The molecule has 24 heavy (non-hydrogen) atoms. The minimum absolute atomic E-state index is 0.0145. The fourth-order valence-electron chi connectivity index (χ4n) is 2.12. The Bertz CT molecular complexity index is 643. The van der Waals surface area contributed by atoms with Gasteiger partial charge in [-0.15, -0.1) is 0 Å². The third-order valence-electron chi connectivity index (χ3n) is 3.21. The first-order valence-electron chi connectivity index (χ1n) is 8.06. The lowest BCUT2D eigenvalue weighted by Crippen LogP contribution is -2.28. The highest BCUT2D eigenvalue weighted by Gasteiger charge is 2.08. The zero-order valence-electron chi connectivity index (χ0n) is 14.1. The summed E-state index contributed by atoms with van der Waals surface area (Å²) in [4.78, 5) is 11.9. The summed E-state index contributed by atoms with van der Waals surface area (Å²) in [7, 11) is 0. The Morgan fingerprint density at radius 1 is 0.917 bits per heavy atom. The number of benzene rings is 2. The van der Waals surface area contributed by atoms with Crippen LogP contribution in [0.15, 0.2) is 48.5 Å². The zero-order valence-corrected chi connectivity index (χ0v) is 14.1. The molecule has 0 bridgehead atoms. The van der Waals surface area contributed by atoms with Crippen LogP contribution in [0, 0.1) is 0 Å². The molecule has 0 aliphatic carbocycles. The average Bonchev–Trinajstić information content (AvgIpc) is 2.61. The monoisotopic (exact) mass is 329 g/mol. The summed E-state index contributed by atoms with van der Waals surface area (Å²) < 4.78 is 16.5. The van der Waals surface area contributed by atoms with E-state index < -0.39 is 0 Å². The topological polar surface area (TPSA) is 56.8 Å². The Morgan fingerprint density at radius 3 is 2.33 bits per heavy atom. The first-order chi connectivity index (χ1) is 11.7. The second kappa shape index (κ2) is 9.45. The van der Waals surface area contributed by atoms with E-state index in [1.807, 2.05) is 62.4 Å². The maximum Gasteiger partial charge on any atom is 0.258 e. The van der Waals surface area contributed by atoms with Crippen LogP contribution in [0.25, 0.3) is 0 Å². The highest BCUT2D eigenvalue weighted by Crippen LogP contribution is 2.28. The van der Waals surface area contributed by atoms with E-state index in [1.165, 1.54) is 0 Å². The first kappa shape index (κ1) is 17.7. The summed E-state index contributed by atoms with van der Waals surface area (Å²) in [5.41, 5.74) is 0.940. The van der Waals surface area contributed by atoms with Crippen molar-refractivity contribution in [1.82, 2.24) is 5.32 Å². The summed E-state index contributed by atoms with van der Waals surface area (Å²) in [6.07, 6.45) is 0. The van der Waals surface area contributed by atoms with Crippen LogP contribution in [0.5, 0.6) is 17.2 Å². The van der Waals surface area contributed by atoms with Gasteiger partial charge in [-0.1, -0.05) is 24.3 Å². The summed E-state index contributed by atoms with van der Waals surface area (Å²) in [6.45, 7) is 5.37. The van der Waals surface area contributed by atoms with Crippen molar-refractivity contribution in [3.05, 3.63) is 54.1 Å². The van der Waals surface area contributed by atoms with Gasteiger partial charge in [-0.3, -0.25) is 4.79 Å². The Kier molecular flexibility index (Phi) is 6.95. The second-order valence-corrected chi connectivity index (χ2v) is 5.03. The van der Waals surface area contributed by atoms with Crippen LogP contribution < -0.4 is 19.5 Å². The molecular weight excluding hydrogens is 306 g/mol. The van der Waals surface area contributed by atoms with Gasteiger partial charge in [0.15, 0.2) is 18.1 Å². The first-order valence-corrected chi connectivity index (χ1v) is 8.06. The van der Waals surface area contributed by atoms with Gasteiger partial charge in [0.1, 0.15) is 5.75 Å². The van der Waals surface area contributed by atoms with Crippen molar-refractivity contribution in [1.29, 1.82) is 0 Å². The van der Waals surface area contributed by atoms with Gasteiger partial charge in [0, 0.05) is 6.54 Å². The van der Waals surface area contributed by atoms with Gasteiger partial charge in [0.2, 0.25) is 0 Å². The molecule has 2 aromatic carbocycles. The molecule has 0 spiro atoms. The predicted octanol–water partition coefficient (Wildman–Crippen LogP) is 3.18. The van der Waals surface area contributed by atoms with E-state index in [4.69, 9.17) is 14.2 Å². The number of carbonyl (C=O) groups excluding carboxylic acids is 1. The molecule has 2 aromatic rings. The predicted molar refractivity (Wildman–Crippen MR) is 92.6 cm³/mol. The fraction of sp³-hybridized carbons (Fsp3) is 0.316. The molecule has 0 saturated carbocycles. The van der Waals surface area contributed by atoms with Crippen LogP contribution in [-0.2, 0) is 11.3 Å². The van der Waals surface area contributed by atoms with Gasteiger partial charge < -0.3 is 19.5 Å². The Balaban J connectivity index is 1.86. The van der Waals surface area contributed by atoms with E-state index in [0.717, 1.165) is 5.56 Å². The third kappa shape index (κ3) is 5.50. The van der Waals surface area contributed by atoms with Gasteiger partial charge in [0.25, 0.3) is 5.91 Å². The van der Waals surface area contributed by atoms with Crippen molar-refractivity contribution >= 4 is 5.91 Å². The highest BCUT2D eigenvalue weighted by atomic mass is 16.5. The number of hydrogen-bond donors (Lipinski definition) is 1. The third-order valence-corrected chi connectivity index (χ3v) is 3.21. The molecule has 1 N–H and O–H groups in total. The van der Waals surface area contributed by atoms with E-state index in [2.05, 4.69) is 5.32 Å². The van der Waals surface area contributed by atoms with E-state index >= 15 is 0 Å². The SMILES string of the molecule is CCOc1ccc(CNC(=O)COc2ccccc2)cc1OCC. The van der Waals surface area contributed by atoms with Gasteiger partial charge in [-0.05, 0) is 43.7 Å². The molecule has 128 valence electrons. The van der Waals surface area contributed by atoms with Crippen LogP contribution in [0.1, 0.15) is 19.4 Å². The number of nitrogens with one attached hydrogen (secondary N) is 1. The summed E-state index contributed by atoms with van der Waals surface area (Å²) in [6, 6.07) is 14.9. The van der Waals surface area contributed by atoms with Gasteiger partial charge in [0.05, 0.1) is 13.2 Å². The summed E-state index contributed by atoms with van der Waals surface area (Å²) in [5.74, 6) is 1.89. The van der Waals surface area contributed by atoms with Crippen molar-refractivity contribution in [2.45, 2.75) is 20.4 Å². The Labute approximate surface area is 142 Å². The average molecular weight is 329 g/mol. The van der Waals surface area contributed by atoms with E-state index in [0.29, 0.717) is 37.0 Å². The maximum atomic E-state index is 11.9. The summed E-state index contributed by atoms with van der Waals surface area (Å²) in [5, 5.41) is 2.83. The van der Waals surface area contributed by atoms with Crippen molar-refractivity contribution < 1.29 is 19.0 Å². The van der Waals surface area contributed by atoms with Gasteiger partial charge >= 0.3 is 0 Å². The van der Waals surface area contributed by atoms with E-state index in [9.17, 15) is 4.79 Å². The van der Waals surface area contributed by atoms with Gasteiger partial charge in [-0.2, -0.15) is 0 Å². The minimum Gasteiger partial charge on any atom is -0.490 e. The molecule has 0 saturated heterocycles. The van der Waals surface area contributed by atoms with Crippen LogP contribution in [-0.4, -0.2) is 25.7 Å². The number of hydrogen-bond acceptors (Lipinski definition) is 4. The maximum absolute atomic E-state index is 11.9. The van der Waals surface area contributed by atoms with Crippen LogP contribution >= 0.6 is 0 Å². The summed E-state index contributed by atoms with van der Waals surface area (Å²) >= 11 is 0. The largest absolute Gasteiger partial charge is 0.490 e. The number of carbonyl (C=O) groups is 1. The fourth-order valence-corrected chi connectivity index (χ4v) is 2.12. The van der Waals surface area contributed by atoms with Crippen molar-refractivity contribution in [2.75, 3.05) is 19.8 Å². The van der Waals surface area contributed by atoms with E-state index in [-0.39, 0.29) is 12.5 Å². The van der Waals surface area contributed by atoms with Crippen LogP contribution in [0.2, 0.25) is 0 Å². The number of amides is 1. The molecule has 0 aromatic heterocycles. The normalized spacial score (nSPS) is 10.1. The number of rotatable bonds is 9. The zero-order chi connectivity index (χ0) is 17.2.